The average molecular weight is 954 g/mol. The molecule has 0 amide bonds. The van der Waals surface area contributed by atoms with Crippen LogP contribution in [0.5, 0.6) is 5.88 Å². The molecular formula is C28H34Br3ClN6O8S3. The molecule has 0 spiro atoms. The lowest BCUT2D eigenvalue weighted by Gasteiger charge is -2.26. The number of hydrogen-bond acceptors (Lipinski definition) is 10. The van der Waals surface area contributed by atoms with Crippen LogP contribution in [-0.2, 0) is 30.1 Å². The first kappa shape index (κ1) is 40.3. The summed E-state index contributed by atoms with van der Waals surface area (Å²) >= 11 is 15.3. The van der Waals surface area contributed by atoms with Crippen LogP contribution in [0.15, 0.2) is 69.7 Å². The van der Waals surface area contributed by atoms with Crippen molar-refractivity contribution < 1.29 is 30.0 Å². The van der Waals surface area contributed by atoms with Gasteiger partial charge in [0.2, 0.25) is 35.9 Å². The Morgan fingerprint density at radius 2 is 1.10 bits per heavy atom. The van der Waals surface area contributed by atoms with Crippen LogP contribution < -0.4 is 24.5 Å². The van der Waals surface area contributed by atoms with Crippen molar-refractivity contribution in [2.24, 2.45) is 0 Å². The van der Waals surface area contributed by atoms with Crippen LogP contribution in [0.2, 0.25) is 5.15 Å². The number of nitrogens with zero attached hydrogens (tertiary/aromatic N) is 2. The van der Waals surface area contributed by atoms with E-state index in [4.69, 9.17) is 16.3 Å². The van der Waals surface area contributed by atoms with Crippen LogP contribution in [0.3, 0.4) is 0 Å². The molecule has 49 heavy (non-hydrogen) atoms. The molecule has 3 saturated carbocycles. The highest BCUT2D eigenvalue weighted by molar-refractivity contribution is 9.11. The topological polar surface area (TPSA) is 206 Å². The molecule has 3 aliphatic rings. The minimum Gasteiger partial charge on any atom is -0.480 e. The van der Waals surface area contributed by atoms with Gasteiger partial charge in [0.15, 0.2) is 0 Å². The summed E-state index contributed by atoms with van der Waals surface area (Å²) in [6.07, 6.45) is 12.8. The number of rotatable bonds is 10. The summed E-state index contributed by atoms with van der Waals surface area (Å²) in [5.41, 5.74) is -0.602. The Bertz CT molecular complexity index is 2030. The van der Waals surface area contributed by atoms with Crippen LogP contribution in [0.4, 0.5) is 0 Å². The van der Waals surface area contributed by atoms with Gasteiger partial charge in [-0.1, -0.05) is 30.9 Å². The number of halogens is 4. The molecule has 14 nitrogen and oxygen atoms in total. The van der Waals surface area contributed by atoms with Gasteiger partial charge in [0.1, 0.15) is 19.8 Å². The van der Waals surface area contributed by atoms with E-state index in [-0.39, 0.29) is 43.8 Å². The molecule has 0 bridgehead atoms. The lowest BCUT2D eigenvalue weighted by molar-refractivity contribution is 0.374. The third-order valence-corrected chi connectivity index (χ3v) is 14.0. The molecule has 0 unspecified atom stereocenters. The molecule has 0 radical (unpaired) electrons. The Labute approximate surface area is 315 Å². The summed E-state index contributed by atoms with van der Waals surface area (Å²) in [5.74, 6) is 0.111. The van der Waals surface area contributed by atoms with Gasteiger partial charge in [0.25, 0.3) is 5.56 Å². The van der Waals surface area contributed by atoms with Crippen LogP contribution in [0.1, 0.15) is 57.8 Å². The SMILES string of the molecule is COc1ncc(Br)cc1S(=O)(=O)NC1CCC1.O=S(=O)(NC1CCC1)c1cc(Br)cnc1Cl.O=c1[nH]cc(Br)cc1S(=O)(=O)NC1CCC1. The number of pyridine rings is 3. The number of ether oxygens (including phenoxy) is 1. The fraction of sp³-hybridized carbons (Fsp3) is 0.464. The minimum atomic E-state index is -3.70. The third kappa shape index (κ3) is 11.2. The number of aromatic nitrogens is 3. The lowest BCUT2D eigenvalue weighted by atomic mass is 9.94. The highest BCUT2D eigenvalue weighted by Crippen LogP contribution is 2.28. The fourth-order valence-corrected chi connectivity index (χ4v) is 10.5. The number of hydrogen-bond donors (Lipinski definition) is 4. The number of sulfonamides is 3. The van der Waals surface area contributed by atoms with Crippen molar-refractivity contribution in [1.29, 1.82) is 0 Å². The maximum atomic E-state index is 12.1. The Balaban J connectivity index is 0.000000166. The van der Waals surface area contributed by atoms with Crippen LogP contribution >= 0.6 is 59.4 Å². The van der Waals surface area contributed by atoms with Gasteiger partial charge in [-0.05, 0) is 105 Å². The van der Waals surface area contributed by atoms with Crippen molar-refractivity contribution in [2.45, 2.75) is 90.6 Å². The molecule has 4 N–H and O–H groups in total. The van der Waals surface area contributed by atoms with E-state index in [1.165, 1.54) is 43.9 Å². The van der Waals surface area contributed by atoms with E-state index in [2.05, 4.69) is 76.9 Å². The maximum absolute atomic E-state index is 12.1. The van der Waals surface area contributed by atoms with Crippen molar-refractivity contribution in [1.82, 2.24) is 29.1 Å². The zero-order chi connectivity index (χ0) is 36.0. The summed E-state index contributed by atoms with van der Waals surface area (Å²) in [7, 11) is -9.40. The molecular weight excluding hydrogens is 920 g/mol. The van der Waals surface area contributed by atoms with E-state index in [1.54, 1.807) is 0 Å². The summed E-state index contributed by atoms with van der Waals surface area (Å²) in [4.78, 5) is 21.3. The molecule has 6 rings (SSSR count). The first-order valence-corrected chi connectivity index (χ1v) is 22.2. The Morgan fingerprint density at radius 3 is 1.55 bits per heavy atom. The Kier molecular flexibility index (Phi) is 14.3. The number of aromatic amines is 1. The monoisotopic (exact) mass is 950 g/mol. The molecule has 270 valence electrons. The normalized spacial score (nSPS) is 16.9. The van der Waals surface area contributed by atoms with Crippen molar-refractivity contribution in [3.05, 3.63) is 65.7 Å². The van der Waals surface area contributed by atoms with Gasteiger partial charge in [-0.15, -0.1) is 0 Å². The lowest BCUT2D eigenvalue weighted by Crippen LogP contribution is -2.41. The minimum absolute atomic E-state index is 0.00461. The Hall–Kier alpha value is -1.49. The predicted octanol–water partition coefficient (Wildman–Crippen LogP) is 4.98. The zero-order valence-corrected chi connectivity index (χ0v) is 33.9. The molecule has 3 heterocycles. The van der Waals surface area contributed by atoms with Gasteiger partial charge < -0.3 is 9.72 Å². The number of nitrogens with one attached hydrogen (secondary N) is 4. The maximum Gasteiger partial charge on any atom is 0.268 e. The van der Waals surface area contributed by atoms with Gasteiger partial charge in [0, 0.05) is 50.1 Å². The first-order chi connectivity index (χ1) is 23.0. The second-order valence-electron chi connectivity index (χ2n) is 11.4. The predicted molar refractivity (Wildman–Crippen MR) is 194 cm³/mol. The van der Waals surface area contributed by atoms with E-state index in [1.807, 2.05) is 0 Å². The van der Waals surface area contributed by atoms with E-state index in [9.17, 15) is 30.0 Å². The van der Waals surface area contributed by atoms with Crippen molar-refractivity contribution in [3.63, 3.8) is 0 Å². The second kappa shape index (κ2) is 17.4. The van der Waals surface area contributed by atoms with Crippen molar-refractivity contribution in [3.8, 4) is 5.88 Å². The Morgan fingerprint density at radius 1 is 0.694 bits per heavy atom. The highest BCUT2D eigenvalue weighted by Gasteiger charge is 2.29. The van der Waals surface area contributed by atoms with Gasteiger partial charge in [-0.2, -0.15) is 0 Å². The fourth-order valence-electron chi connectivity index (χ4n) is 4.41. The molecule has 0 aromatic carbocycles. The summed E-state index contributed by atoms with van der Waals surface area (Å²) < 4.78 is 86.3. The van der Waals surface area contributed by atoms with Crippen molar-refractivity contribution in [2.75, 3.05) is 7.11 Å². The van der Waals surface area contributed by atoms with Crippen LogP contribution in [-0.4, -0.2) is 65.4 Å². The van der Waals surface area contributed by atoms with E-state index in [0.717, 1.165) is 57.8 Å². The second-order valence-corrected chi connectivity index (χ2v) is 19.5. The molecule has 0 atom stereocenters. The van der Waals surface area contributed by atoms with E-state index >= 15 is 0 Å². The van der Waals surface area contributed by atoms with Gasteiger partial charge in [-0.3, -0.25) is 4.79 Å². The number of methoxy groups -OCH3 is 1. The largest absolute Gasteiger partial charge is 0.480 e. The molecule has 21 heteroatoms. The molecule has 3 fully saturated rings. The zero-order valence-electron chi connectivity index (χ0n) is 26.0. The highest BCUT2D eigenvalue weighted by atomic mass is 79.9. The third-order valence-electron chi connectivity index (χ3n) is 7.74. The molecule has 3 aromatic heterocycles. The summed E-state index contributed by atoms with van der Waals surface area (Å²) in [6.45, 7) is 0. The smallest absolute Gasteiger partial charge is 0.268 e. The molecule has 0 saturated heterocycles. The van der Waals surface area contributed by atoms with E-state index in [0.29, 0.717) is 13.4 Å². The summed E-state index contributed by atoms with van der Waals surface area (Å²) in [5, 5.41) is -0.00461. The number of H-pyrrole nitrogens is 1. The molecule has 3 aliphatic carbocycles. The summed E-state index contributed by atoms with van der Waals surface area (Å²) in [6, 6.07) is 4.32. The van der Waals surface area contributed by atoms with Gasteiger partial charge in [0.05, 0.1) is 7.11 Å². The quantitative estimate of drug-likeness (QED) is 0.201. The standard InChI is InChI=1S/C10H13BrN2O3S.C9H10BrClN2O2S.C9H11BrN2O3S/c1-16-10-9(5-7(11)6-12-10)17(14,15)13-8-3-2-4-8;10-6-4-8(9(11)12-5-6)16(14,15)13-7-2-1-3-7;10-6-4-8(9(13)11-5-6)16(14,15)12-7-2-1-3-7/h5-6,8,13H,2-4H2,1H3;4-5,7,13H,1-3H2;4-5,7,12H,1-3H2,(H,11,13). The van der Waals surface area contributed by atoms with Crippen molar-refractivity contribution >= 4 is 89.5 Å². The van der Waals surface area contributed by atoms with Crippen LogP contribution in [0.25, 0.3) is 0 Å². The van der Waals surface area contributed by atoms with E-state index < -0.39 is 35.6 Å². The van der Waals surface area contributed by atoms with Gasteiger partial charge >= 0.3 is 0 Å². The average Bonchev–Trinajstić information content (AvgIpc) is 2.98. The first-order valence-electron chi connectivity index (χ1n) is 15.0. The molecule has 3 aromatic rings. The molecule has 0 aliphatic heterocycles. The van der Waals surface area contributed by atoms with Gasteiger partial charge in [-0.25, -0.2) is 49.4 Å². The van der Waals surface area contributed by atoms with Crippen LogP contribution in [0, 0.1) is 0 Å².